The second-order valence-corrected chi connectivity index (χ2v) is 5.75. The Bertz CT molecular complexity index is 730. The molecule has 0 unspecified atom stereocenters. The number of carbonyl (C=O) groups excluding carboxylic acids is 2. The molecular weight excluding hydrogens is 368 g/mol. The average Bonchev–Trinajstić information content (AvgIpc) is 2.75. The van der Waals surface area contributed by atoms with Gasteiger partial charge < -0.3 is 28.4 Å². The third-order valence-electron chi connectivity index (χ3n) is 3.93. The number of benzene rings is 2. The molecule has 0 spiro atoms. The third kappa shape index (κ3) is 4.79. The van der Waals surface area contributed by atoms with Gasteiger partial charge in [0, 0.05) is 0 Å². The first-order valence-electron chi connectivity index (χ1n) is 8.54. The van der Waals surface area contributed by atoms with E-state index in [0.717, 1.165) is 0 Å². The second-order valence-electron chi connectivity index (χ2n) is 5.75. The third-order valence-corrected chi connectivity index (χ3v) is 3.93. The summed E-state index contributed by atoms with van der Waals surface area (Å²) in [6, 6.07) is 12.9. The van der Waals surface area contributed by atoms with Crippen LogP contribution in [0.1, 0.15) is 20.7 Å². The van der Waals surface area contributed by atoms with Crippen molar-refractivity contribution in [2.45, 2.75) is 12.6 Å². The maximum atomic E-state index is 11.5. The van der Waals surface area contributed by atoms with Crippen molar-refractivity contribution in [3.63, 3.8) is 0 Å². The number of hydrogen-bond donors (Lipinski definition) is 0. The molecule has 2 aromatic carbocycles. The van der Waals surface area contributed by atoms with Crippen LogP contribution in [0.2, 0.25) is 0 Å². The van der Waals surface area contributed by atoms with Gasteiger partial charge in [-0.1, -0.05) is 0 Å². The lowest BCUT2D eigenvalue weighted by atomic mass is 10.2. The van der Waals surface area contributed by atoms with Crippen LogP contribution in [0.25, 0.3) is 0 Å². The fourth-order valence-corrected chi connectivity index (χ4v) is 2.51. The quantitative estimate of drug-likeness (QED) is 0.697. The Morgan fingerprint density at radius 2 is 1.07 bits per heavy atom. The van der Waals surface area contributed by atoms with Gasteiger partial charge in [-0.3, -0.25) is 0 Å². The molecule has 8 nitrogen and oxygen atoms in total. The monoisotopic (exact) mass is 388 g/mol. The predicted molar refractivity (Wildman–Crippen MR) is 96.3 cm³/mol. The molecule has 1 fully saturated rings. The van der Waals surface area contributed by atoms with Crippen molar-refractivity contribution < 1.29 is 38.0 Å². The first-order chi connectivity index (χ1) is 13.6. The Morgan fingerprint density at radius 1 is 0.714 bits per heavy atom. The summed E-state index contributed by atoms with van der Waals surface area (Å²) in [5.41, 5.74) is 0.823. The summed E-state index contributed by atoms with van der Waals surface area (Å²) >= 11 is 0. The van der Waals surface area contributed by atoms with Crippen LogP contribution < -0.4 is 9.47 Å². The lowest BCUT2D eigenvalue weighted by molar-refractivity contribution is -0.271. The summed E-state index contributed by atoms with van der Waals surface area (Å²) in [4.78, 5) is 23.0. The minimum absolute atomic E-state index is 0.353. The summed E-state index contributed by atoms with van der Waals surface area (Å²) in [6.07, 6.45) is -1.61. The van der Waals surface area contributed by atoms with Crippen LogP contribution in [-0.4, -0.2) is 52.0 Å². The van der Waals surface area contributed by atoms with E-state index >= 15 is 0 Å². The summed E-state index contributed by atoms with van der Waals surface area (Å²) < 4.78 is 32.1. The number of carbonyl (C=O) groups is 2. The van der Waals surface area contributed by atoms with Crippen molar-refractivity contribution in [2.24, 2.45) is 0 Å². The SMILES string of the molecule is COC(=O)c1ccc(O[C@H]2OCCO[C@H]2Oc2ccc(C(=O)OC)cc2)cc1. The molecular formula is C20H20O8. The minimum atomic E-state index is -0.807. The molecule has 2 atom stereocenters. The van der Waals surface area contributed by atoms with Crippen molar-refractivity contribution in [1.82, 2.24) is 0 Å². The van der Waals surface area contributed by atoms with E-state index in [4.69, 9.17) is 18.9 Å². The van der Waals surface area contributed by atoms with Gasteiger partial charge in [0.25, 0.3) is 12.6 Å². The van der Waals surface area contributed by atoms with Gasteiger partial charge in [-0.05, 0) is 48.5 Å². The number of rotatable bonds is 6. The Balaban J connectivity index is 1.65. The Hall–Kier alpha value is -3.10. The van der Waals surface area contributed by atoms with Gasteiger partial charge in [-0.2, -0.15) is 0 Å². The maximum Gasteiger partial charge on any atom is 0.337 e. The number of ether oxygens (including phenoxy) is 6. The normalized spacial score (nSPS) is 18.8. The van der Waals surface area contributed by atoms with E-state index in [0.29, 0.717) is 35.8 Å². The van der Waals surface area contributed by atoms with Crippen molar-refractivity contribution in [2.75, 3.05) is 27.4 Å². The molecule has 0 saturated carbocycles. The van der Waals surface area contributed by atoms with E-state index in [-0.39, 0.29) is 0 Å². The van der Waals surface area contributed by atoms with E-state index < -0.39 is 24.5 Å². The van der Waals surface area contributed by atoms with E-state index in [2.05, 4.69) is 9.47 Å². The molecule has 1 saturated heterocycles. The molecule has 1 aliphatic heterocycles. The highest BCUT2D eigenvalue weighted by Gasteiger charge is 2.31. The van der Waals surface area contributed by atoms with Crippen molar-refractivity contribution >= 4 is 11.9 Å². The van der Waals surface area contributed by atoms with Crippen molar-refractivity contribution in [3.8, 4) is 11.5 Å². The highest BCUT2D eigenvalue weighted by molar-refractivity contribution is 5.89. The highest BCUT2D eigenvalue weighted by Crippen LogP contribution is 2.22. The Morgan fingerprint density at radius 3 is 1.39 bits per heavy atom. The highest BCUT2D eigenvalue weighted by atomic mass is 16.8. The molecule has 0 radical (unpaired) electrons. The molecule has 0 aromatic heterocycles. The zero-order chi connectivity index (χ0) is 19.9. The van der Waals surface area contributed by atoms with Crippen LogP contribution >= 0.6 is 0 Å². The van der Waals surface area contributed by atoms with Gasteiger partial charge in [0.1, 0.15) is 11.5 Å². The first kappa shape index (κ1) is 19.7. The average molecular weight is 388 g/mol. The number of methoxy groups -OCH3 is 2. The fourth-order valence-electron chi connectivity index (χ4n) is 2.51. The topological polar surface area (TPSA) is 89.5 Å². The van der Waals surface area contributed by atoms with Gasteiger partial charge >= 0.3 is 11.9 Å². The van der Waals surface area contributed by atoms with Crippen molar-refractivity contribution in [1.29, 1.82) is 0 Å². The molecule has 0 amide bonds. The molecule has 2 aromatic rings. The smallest absolute Gasteiger partial charge is 0.337 e. The molecule has 148 valence electrons. The van der Waals surface area contributed by atoms with Gasteiger partial charge in [-0.25, -0.2) is 9.59 Å². The first-order valence-corrected chi connectivity index (χ1v) is 8.54. The Labute approximate surface area is 161 Å². The lowest BCUT2D eigenvalue weighted by Gasteiger charge is -2.31. The van der Waals surface area contributed by atoms with Crippen LogP contribution in [0.5, 0.6) is 11.5 Å². The number of hydrogen-bond acceptors (Lipinski definition) is 8. The van der Waals surface area contributed by atoms with Gasteiger partial charge in [0.05, 0.1) is 38.6 Å². The summed E-state index contributed by atoms with van der Waals surface area (Å²) in [7, 11) is 2.64. The zero-order valence-electron chi connectivity index (χ0n) is 15.5. The number of esters is 2. The van der Waals surface area contributed by atoms with Crippen LogP contribution in [0, 0.1) is 0 Å². The van der Waals surface area contributed by atoms with Crippen LogP contribution in [0.4, 0.5) is 0 Å². The zero-order valence-corrected chi connectivity index (χ0v) is 15.5. The second kappa shape index (κ2) is 9.20. The maximum absolute atomic E-state index is 11.5. The fraction of sp³-hybridized carbons (Fsp3) is 0.300. The lowest BCUT2D eigenvalue weighted by Crippen LogP contribution is -2.45. The van der Waals surface area contributed by atoms with E-state index in [9.17, 15) is 9.59 Å². The molecule has 0 bridgehead atoms. The summed E-state index contributed by atoms with van der Waals surface area (Å²) in [5.74, 6) is 0.108. The van der Waals surface area contributed by atoms with Gasteiger partial charge in [-0.15, -0.1) is 0 Å². The minimum Gasteiger partial charge on any atom is -0.465 e. The Kier molecular flexibility index (Phi) is 6.46. The predicted octanol–water partition coefficient (Wildman–Crippen LogP) is 2.42. The summed E-state index contributed by atoms with van der Waals surface area (Å²) in [6.45, 7) is 0.706. The standard InChI is InChI=1S/C20H20O8/c1-23-17(21)13-3-7-15(8-4-13)27-19-20(26-12-11-25-19)28-16-9-5-14(6-10-16)18(22)24-2/h3-10,19-20H,11-12H2,1-2H3/t19-,20+. The van der Waals surface area contributed by atoms with Gasteiger partial charge in [0.2, 0.25) is 0 Å². The van der Waals surface area contributed by atoms with E-state index in [1.165, 1.54) is 14.2 Å². The van der Waals surface area contributed by atoms with Crippen LogP contribution in [0.3, 0.4) is 0 Å². The summed E-state index contributed by atoms with van der Waals surface area (Å²) in [5, 5.41) is 0. The molecule has 28 heavy (non-hydrogen) atoms. The van der Waals surface area contributed by atoms with E-state index in [1.54, 1.807) is 48.5 Å². The molecule has 0 N–H and O–H groups in total. The molecule has 3 rings (SSSR count). The molecule has 0 aliphatic carbocycles. The molecule has 1 heterocycles. The van der Waals surface area contributed by atoms with Crippen molar-refractivity contribution in [3.05, 3.63) is 59.7 Å². The molecule has 8 heteroatoms. The van der Waals surface area contributed by atoms with E-state index in [1.807, 2.05) is 0 Å². The van der Waals surface area contributed by atoms with Crippen LogP contribution in [-0.2, 0) is 18.9 Å². The molecule has 1 aliphatic rings. The largest absolute Gasteiger partial charge is 0.465 e. The van der Waals surface area contributed by atoms with Crippen LogP contribution in [0.15, 0.2) is 48.5 Å². The van der Waals surface area contributed by atoms with Gasteiger partial charge in [0.15, 0.2) is 0 Å².